The zero-order valence-electron chi connectivity index (χ0n) is 13.0. The van der Waals surface area contributed by atoms with Crippen molar-refractivity contribution in [2.24, 2.45) is 23.7 Å². The molecule has 2 fully saturated rings. The van der Waals surface area contributed by atoms with Crippen LogP contribution >= 0.6 is 0 Å². The third-order valence-electron chi connectivity index (χ3n) is 5.49. The lowest BCUT2D eigenvalue weighted by molar-refractivity contribution is 0.151. The molecule has 0 saturated heterocycles. The van der Waals surface area contributed by atoms with Crippen LogP contribution in [0.1, 0.15) is 71.6 Å². The average Bonchev–Trinajstić information content (AvgIpc) is 2.40. The average molecular weight is 260 g/mol. The van der Waals surface area contributed by atoms with Crippen molar-refractivity contribution < 1.29 is 0 Å². The Morgan fingerprint density at radius 2 is 1.47 bits per heavy atom. The van der Waals surface area contributed by atoms with Gasteiger partial charge in [0, 0.05) is 0 Å². The fourth-order valence-electron chi connectivity index (χ4n) is 4.11. The van der Waals surface area contributed by atoms with Crippen LogP contribution in [-0.4, -0.2) is 0 Å². The first-order chi connectivity index (χ1) is 9.15. The van der Waals surface area contributed by atoms with Gasteiger partial charge in [-0.2, -0.15) is 0 Å². The topological polar surface area (TPSA) is 0 Å². The number of allylic oxidation sites excluding steroid dienone is 3. The molecule has 0 heteroatoms. The van der Waals surface area contributed by atoms with E-state index in [1.165, 1.54) is 63.4 Å². The van der Waals surface area contributed by atoms with Gasteiger partial charge in [-0.15, -0.1) is 0 Å². The van der Waals surface area contributed by atoms with Gasteiger partial charge in [0.1, 0.15) is 0 Å². The quantitative estimate of drug-likeness (QED) is 0.532. The summed E-state index contributed by atoms with van der Waals surface area (Å²) in [6.07, 6.45) is 17.8. The second kappa shape index (κ2) is 7.31. The molecule has 0 aromatic rings. The van der Waals surface area contributed by atoms with E-state index in [9.17, 15) is 0 Å². The molecule has 0 heterocycles. The van der Waals surface area contributed by atoms with Gasteiger partial charge in [0.05, 0.1) is 0 Å². The van der Waals surface area contributed by atoms with E-state index >= 15 is 0 Å². The predicted octanol–water partition coefficient (Wildman–Crippen LogP) is 6.14. The van der Waals surface area contributed by atoms with Gasteiger partial charge >= 0.3 is 0 Å². The molecule has 0 aromatic carbocycles. The van der Waals surface area contributed by atoms with Gasteiger partial charge in [-0.25, -0.2) is 0 Å². The summed E-state index contributed by atoms with van der Waals surface area (Å²) in [5.41, 5.74) is 1.19. The number of hydrogen-bond acceptors (Lipinski definition) is 0. The lowest BCUT2D eigenvalue weighted by atomic mass is 9.69. The van der Waals surface area contributed by atoms with E-state index in [-0.39, 0.29) is 0 Å². The molecule has 0 aliphatic heterocycles. The molecule has 0 nitrogen and oxygen atoms in total. The maximum Gasteiger partial charge on any atom is -0.0319 e. The lowest BCUT2D eigenvalue weighted by Crippen LogP contribution is -2.25. The highest BCUT2D eigenvalue weighted by Gasteiger charge is 2.29. The summed E-state index contributed by atoms with van der Waals surface area (Å²) < 4.78 is 0. The Balaban J connectivity index is 1.69. The lowest BCUT2D eigenvalue weighted by Gasteiger charge is -2.37. The fraction of sp³-hybridized carbons (Fsp3) is 0.789. The van der Waals surface area contributed by atoms with Crippen molar-refractivity contribution in [3.8, 4) is 0 Å². The molecule has 19 heavy (non-hydrogen) atoms. The van der Waals surface area contributed by atoms with Crippen LogP contribution in [0.2, 0.25) is 0 Å². The van der Waals surface area contributed by atoms with Crippen LogP contribution in [0.5, 0.6) is 0 Å². The van der Waals surface area contributed by atoms with Crippen molar-refractivity contribution in [3.63, 3.8) is 0 Å². The summed E-state index contributed by atoms with van der Waals surface area (Å²) in [6.45, 7) is 8.44. The van der Waals surface area contributed by atoms with Gasteiger partial charge in [0.15, 0.2) is 0 Å². The predicted molar refractivity (Wildman–Crippen MR) is 85.1 cm³/mol. The van der Waals surface area contributed by atoms with Crippen molar-refractivity contribution in [2.75, 3.05) is 0 Å². The molecule has 0 bridgehead atoms. The second-order valence-electron chi connectivity index (χ2n) is 7.29. The van der Waals surface area contributed by atoms with Gasteiger partial charge in [0.2, 0.25) is 0 Å². The molecule has 0 atom stereocenters. The molecule has 0 spiro atoms. The minimum atomic E-state index is 0.953. The van der Waals surface area contributed by atoms with E-state index in [0.717, 1.165) is 23.7 Å². The Morgan fingerprint density at radius 1 is 0.947 bits per heavy atom. The molecular weight excluding hydrogens is 228 g/mol. The first-order valence-corrected chi connectivity index (χ1v) is 8.47. The monoisotopic (exact) mass is 260 g/mol. The van der Waals surface area contributed by atoms with E-state index in [0.29, 0.717) is 0 Å². The van der Waals surface area contributed by atoms with E-state index in [1.807, 2.05) is 0 Å². The van der Waals surface area contributed by atoms with Crippen LogP contribution in [0.15, 0.2) is 24.3 Å². The summed E-state index contributed by atoms with van der Waals surface area (Å²) >= 11 is 0. The Kier molecular flexibility index (Phi) is 5.73. The van der Waals surface area contributed by atoms with Gasteiger partial charge in [-0.1, -0.05) is 44.1 Å². The van der Waals surface area contributed by atoms with Crippen molar-refractivity contribution >= 4 is 0 Å². The molecule has 2 aliphatic carbocycles. The highest BCUT2D eigenvalue weighted by Crippen LogP contribution is 2.41. The molecule has 0 unspecified atom stereocenters. The first kappa shape index (κ1) is 14.9. The first-order valence-electron chi connectivity index (χ1n) is 8.47. The van der Waals surface area contributed by atoms with Crippen LogP contribution in [-0.2, 0) is 0 Å². The second-order valence-corrected chi connectivity index (χ2v) is 7.29. The smallest absolute Gasteiger partial charge is 0.0319 e. The SMILES string of the molecule is C=C(C)/C=C\CC1CCC(C2CCC(C)CC2)CC1. The minimum absolute atomic E-state index is 0.953. The van der Waals surface area contributed by atoms with Crippen LogP contribution in [0, 0.1) is 23.7 Å². The fourth-order valence-corrected chi connectivity index (χ4v) is 4.11. The van der Waals surface area contributed by atoms with E-state index in [1.54, 1.807) is 0 Å². The molecular formula is C19H32. The molecule has 0 amide bonds. The minimum Gasteiger partial charge on any atom is -0.0961 e. The maximum atomic E-state index is 3.93. The van der Waals surface area contributed by atoms with Crippen molar-refractivity contribution in [3.05, 3.63) is 24.3 Å². The summed E-state index contributed by atoms with van der Waals surface area (Å²) in [5, 5.41) is 0. The van der Waals surface area contributed by atoms with Crippen LogP contribution in [0.3, 0.4) is 0 Å². The molecule has 0 radical (unpaired) electrons. The third kappa shape index (κ3) is 4.82. The van der Waals surface area contributed by atoms with Crippen LogP contribution in [0.25, 0.3) is 0 Å². The van der Waals surface area contributed by atoms with Gasteiger partial charge in [0.25, 0.3) is 0 Å². The van der Waals surface area contributed by atoms with Gasteiger partial charge in [-0.05, 0) is 75.5 Å². The number of hydrogen-bond donors (Lipinski definition) is 0. The van der Waals surface area contributed by atoms with Crippen LogP contribution < -0.4 is 0 Å². The van der Waals surface area contributed by atoms with Gasteiger partial charge in [-0.3, -0.25) is 0 Å². The summed E-state index contributed by atoms with van der Waals surface area (Å²) in [5.74, 6) is 4.09. The highest BCUT2D eigenvalue weighted by molar-refractivity contribution is 5.10. The van der Waals surface area contributed by atoms with Gasteiger partial charge < -0.3 is 0 Å². The summed E-state index contributed by atoms with van der Waals surface area (Å²) in [4.78, 5) is 0. The van der Waals surface area contributed by atoms with Crippen molar-refractivity contribution in [1.29, 1.82) is 0 Å². The molecule has 2 rings (SSSR count). The third-order valence-corrected chi connectivity index (χ3v) is 5.49. The molecule has 2 saturated carbocycles. The molecule has 0 aromatic heterocycles. The Hall–Kier alpha value is -0.520. The Morgan fingerprint density at radius 3 is 2.00 bits per heavy atom. The summed E-state index contributed by atoms with van der Waals surface area (Å²) in [7, 11) is 0. The normalized spacial score (nSPS) is 36.5. The molecule has 2 aliphatic rings. The number of rotatable bonds is 4. The van der Waals surface area contributed by atoms with Crippen LogP contribution in [0.4, 0.5) is 0 Å². The van der Waals surface area contributed by atoms with Crippen molar-refractivity contribution in [1.82, 2.24) is 0 Å². The van der Waals surface area contributed by atoms with E-state index in [2.05, 4.69) is 32.6 Å². The zero-order chi connectivity index (χ0) is 13.7. The zero-order valence-corrected chi connectivity index (χ0v) is 13.0. The molecule has 0 N–H and O–H groups in total. The molecule has 108 valence electrons. The van der Waals surface area contributed by atoms with E-state index in [4.69, 9.17) is 0 Å². The Bertz CT molecular complexity index is 296. The highest BCUT2D eigenvalue weighted by atomic mass is 14.3. The van der Waals surface area contributed by atoms with Crippen molar-refractivity contribution in [2.45, 2.75) is 71.6 Å². The largest absolute Gasteiger partial charge is 0.0961 e. The van der Waals surface area contributed by atoms with E-state index < -0.39 is 0 Å². The Labute approximate surface area is 120 Å². The summed E-state index contributed by atoms with van der Waals surface area (Å²) in [6, 6.07) is 0. The standard InChI is InChI=1S/C19H32/c1-15(2)5-4-6-17-9-13-19(14-10-17)18-11-7-16(3)8-12-18/h4-5,16-19H,1,6-14H2,2-3H3/b5-4-. The maximum absolute atomic E-state index is 3.93.